The van der Waals surface area contributed by atoms with E-state index in [1.165, 1.54) is 17.8 Å². The smallest absolute Gasteiger partial charge is 0.234 e. The van der Waals surface area contributed by atoms with Crippen LogP contribution in [0.2, 0.25) is 5.15 Å². The highest BCUT2D eigenvalue weighted by Crippen LogP contribution is 2.31. The number of carbonyl (C=O) groups is 1. The molecule has 0 spiro atoms. The molecule has 5 nitrogen and oxygen atoms in total. The third-order valence-electron chi connectivity index (χ3n) is 3.02. The van der Waals surface area contributed by atoms with Crippen LogP contribution in [0.4, 0.5) is 11.4 Å². The molecule has 3 rings (SSSR count). The fraction of sp³-hybridized carbons (Fsp3) is 0.133. The summed E-state index contributed by atoms with van der Waals surface area (Å²) in [6.45, 7) is 0. The minimum absolute atomic E-state index is 0.116. The summed E-state index contributed by atoms with van der Waals surface area (Å²) >= 11 is 7.23. The van der Waals surface area contributed by atoms with Crippen molar-refractivity contribution in [1.82, 2.24) is 4.98 Å². The second-order valence-electron chi connectivity index (χ2n) is 4.71. The molecular formula is C15H12ClN3O2S. The Balaban J connectivity index is 1.54. The average Bonchev–Trinajstić information content (AvgIpc) is 2.87. The lowest BCUT2D eigenvalue weighted by atomic mass is 10.2. The van der Waals surface area contributed by atoms with Crippen molar-refractivity contribution in [3.63, 3.8) is 0 Å². The lowest BCUT2D eigenvalue weighted by Gasteiger charge is -2.05. The lowest BCUT2D eigenvalue weighted by molar-refractivity contribution is -0.113. The number of rotatable bonds is 3. The van der Waals surface area contributed by atoms with Gasteiger partial charge in [-0.2, -0.15) is 0 Å². The van der Waals surface area contributed by atoms with E-state index < -0.39 is 0 Å². The second-order valence-corrected chi connectivity index (χ2v) is 6.14. The summed E-state index contributed by atoms with van der Waals surface area (Å²) in [6.07, 6.45) is 2.31. The van der Waals surface area contributed by atoms with Gasteiger partial charge in [-0.3, -0.25) is 4.79 Å². The first kappa shape index (κ1) is 14.9. The molecule has 1 aromatic carbocycles. The van der Waals surface area contributed by atoms with Gasteiger partial charge in [0.05, 0.1) is 22.7 Å². The van der Waals surface area contributed by atoms with Gasteiger partial charge in [-0.15, -0.1) is 11.8 Å². The van der Waals surface area contributed by atoms with Crippen LogP contribution >= 0.6 is 23.4 Å². The highest BCUT2D eigenvalue weighted by Gasteiger charge is 2.17. The van der Waals surface area contributed by atoms with E-state index in [1.807, 2.05) is 0 Å². The van der Waals surface area contributed by atoms with Crippen molar-refractivity contribution in [2.24, 2.45) is 4.99 Å². The molecule has 1 aliphatic heterocycles. The van der Waals surface area contributed by atoms with Gasteiger partial charge in [-0.25, -0.2) is 9.98 Å². The first-order valence-corrected chi connectivity index (χ1v) is 7.90. The molecule has 0 bridgehead atoms. The van der Waals surface area contributed by atoms with Crippen LogP contribution in [0.5, 0.6) is 5.75 Å². The van der Waals surface area contributed by atoms with Crippen LogP contribution < -0.4 is 5.32 Å². The number of phenolic OH excluding ortho intramolecular Hbond substituents is 1. The molecule has 0 saturated carbocycles. The SMILES string of the molecule is O=C(CSC1=Nc2cnc(Cl)cc2C1)Nc1cccc(O)c1. The average molecular weight is 334 g/mol. The van der Waals surface area contributed by atoms with Gasteiger partial charge in [0.2, 0.25) is 5.91 Å². The number of aliphatic imine (C=N–C) groups is 1. The van der Waals surface area contributed by atoms with Crippen LogP contribution in [0.25, 0.3) is 0 Å². The number of aromatic hydroxyl groups is 1. The largest absolute Gasteiger partial charge is 0.508 e. The number of nitrogens with zero attached hydrogens (tertiary/aromatic N) is 2. The Morgan fingerprint density at radius 3 is 3.09 bits per heavy atom. The van der Waals surface area contributed by atoms with Crippen molar-refractivity contribution < 1.29 is 9.90 Å². The van der Waals surface area contributed by atoms with E-state index in [9.17, 15) is 9.90 Å². The topological polar surface area (TPSA) is 74.6 Å². The zero-order valence-corrected chi connectivity index (χ0v) is 13.0. The molecule has 112 valence electrons. The number of benzene rings is 1. The van der Waals surface area contributed by atoms with E-state index in [-0.39, 0.29) is 17.4 Å². The maximum absolute atomic E-state index is 11.9. The van der Waals surface area contributed by atoms with Crippen LogP contribution in [0, 0.1) is 0 Å². The van der Waals surface area contributed by atoms with Gasteiger partial charge in [0.1, 0.15) is 10.9 Å². The molecule has 0 radical (unpaired) electrons. The number of phenols is 1. The molecule has 2 heterocycles. The highest BCUT2D eigenvalue weighted by molar-refractivity contribution is 8.14. The summed E-state index contributed by atoms with van der Waals surface area (Å²) < 4.78 is 0. The lowest BCUT2D eigenvalue weighted by Crippen LogP contribution is -2.15. The standard InChI is InChI=1S/C15H12ClN3O2S/c16-13-4-9-5-15(19-12(9)7-17-13)22-8-14(21)18-10-2-1-3-11(20)6-10/h1-4,6-7,20H,5,8H2,(H,18,21). The molecule has 22 heavy (non-hydrogen) atoms. The Bertz CT molecular complexity index is 764. The predicted molar refractivity (Wildman–Crippen MR) is 89.2 cm³/mol. The second kappa shape index (κ2) is 6.37. The molecule has 7 heteroatoms. The van der Waals surface area contributed by atoms with Crippen molar-refractivity contribution in [2.45, 2.75) is 6.42 Å². The van der Waals surface area contributed by atoms with Crippen molar-refractivity contribution >= 4 is 45.7 Å². The molecule has 2 N–H and O–H groups in total. The first-order chi connectivity index (χ1) is 10.6. The maximum Gasteiger partial charge on any atom is 0.234 e. The Kier molecular flexibility index (Phi) is 4.31. The molecule has 0 fully saturated rings. The molecule has 1 aliphatic rings. The molecule has 1 aromatic heterocycles. The summed E-state index contributed by atoms with van der Waals surface area (Å²) in [6, 6.07) is 8.24. The van der Waals surface area contributed by atoms with Gasteiger partial charge in [0.15, 0.2) is 0 Å². The summed E-state index contributed by atoms with van der Waals surface area (Å²) in [5.41, 5.74) is 2.40. The van der Waals surface area contributed by atoms with Crippen molar-refractivity contribution in [3.05, 3.63) is 47.2 Å². The number of halogens is 1. The summed E-state index contributed by atoms with van der Waals surface area (Å²) in [5, 5.41) is 13.4. The molecular weight excluding hydrogens is 322 g/mol. The van der Waals surface area contributed by atoms with E-state index in [0.717, 1.165) is 16.3 Å². The van der Waals surface area contributed by atoms with Crippen LogP contribution in [0.1, 0.15) is 5.56 Å². The molecule has 2 aromatic rings. The number of pyridine rings is 1. The number of hydrogen-bond donors (Lipinski definition) is 2. The van der Waals surface area contributed by atoms with E-state index in [1.54, 1.807) is 30.5 Å². The number of carbonyl (C=O) groups excluding carboxylic acids is 1. The number of thioether (sulfide) groups is 1. The molecule has 1 amide bonds. The summed E-state index contributed by atoms with van der Waals surface area (Å²) in [4.78, 5) is 20.3. The van der Waals surface area contributed by atoms with E-state index in [0.29, 0.717) is 17.3 Å². The van der Waals surface area contributed by atoms with Crippen molar-refractivity contribution in [1.29, 1.82) is 0 Å². The normalized spacial score (nSPS) is 12.7. The van der Waals surface area contributed by atoms with Crippen LogP contribution in [0.3, 0.4) is 0 Å². The third kappa shape index (κ3) is 3.58. The summed E-state index contributed by atoms with van der Waals surface area (Å²) in [5.74, 6) is 0.222. The predicted octanol–water partition coefficient (Wildman–Crippen LogP) is 3.40. The van der Waals surface area contributed by atoms with Gasteiger partial charge in [0, 0.05) is 18.2 Å². The van der Waals surface area contributed by atoms with Gasteiger partial charge in [0.25, 0.3) is 0 Å². The Labute approximate surface area is 136 Å². The van der Waals surface area contributed by atoms with Gasteiger partial charge in [-0.1, -0.05) is 17.7 Å². The molecule has 0 atom stereocenters. The maximum atomic E-state index is 11.9. The number of amides is 1. The zero-order chi connectivity index (χ0) is 15.5. The van der Waals surface area contributed by atoms with Crippen molar-refractivity contribution in [2.75, 3.05) is 11.1 Å². The van der Waals surface area contributed by atoms with E-state index in [4.69, 9.17) is 11.6 Å². The number of anilines is 1. The minimum atomic E-state index is -0.148. The molecule has 0 aliphatic carbocycles. The van der Waals surface area contributed by atoms with E-state index >= 15 is 0 Å². The van der Waals surface area contributed by atoms with Crippen LogP contribution in [-0.2, 0) is 11.2 Å². The van der Waals surface area contributed by atoms with Gasteiger partial charge in [-0.05, 0) is 23.8 Å². The number of fused-ring (bicyclic) bond motifs is 1. The molecule has 0 saturated heterocycles. The van der Waals surface area contributed by atoms with E-state index in [2.05, 4.69) is 15.3 Å². The van der Waals surface area contributed by atoms with Crippen LogP contribution in [-0.4, -0.2) is 26.8 Å². The monoisotopic (exact) mass is 333 g/mol. The number of nitrogens with one attached hydrogen (secondary N) is 1. The number of aromatic nitrogens is 1. The van der Waals surface area contributed by atoms with Gasteiger partial charge >= 0.3 is 0 Å². The Morgan fingerprint density at radius 1 is 1.41 bits per heavy atom. The fourth-order valence-corrected chi connectivity index (χ4v) is 3.02. The summed E-state index contributed by atoms with van der Waals surface area (Å²) in [7, 11) is 0. The zero-order valence-electron chi connectivity index (χ0n) is 11.4. The van der Waals surface area contributed by atoms with Gasteiger partial charge < -0.3 is 10.4 Å². The first-order valence-electron chi connectivity index (χ1n) is 6.54. The van der Waals surface area contributed by atoms with Crippen molar-refractivity contribution in [3.8, 4) is 5.75 Å². The third-order valence-corrected chi connectivity index (χ3v) is 4.20. The van der Waals surface area contributed by atoms with Crippen LogP contribution in [0.15, 0.2) is 41.5 Å². The number of hydrogen-bond acceptors (Lipinski definition) is 5. The minimum Gasteiger partial charge on any atom is -0.508 e. The quantitative estimate of drug-likeness (QED) is 0.844. The molecule has 0 unspecified atom stereocenters. The highest BCUT2D eigenvalue weighted by atomic mass is 35.5. The Hall–Kier alpha value is -2.05. The fourth-order valence-electron chi connectivity index (χ4n) is 2.05. The Morgan fingerprint density at radius 2 is 2.27 bits per heavy atom.